The molecule has 0 fully saturated rings. The molecule has 0 saturated heterocycles. The average Bonchev–Trinajstić information content (AvgIpc) is 2.40. The Labute approximate surface area is 108 Å². The van der Waals surface area contributed by atoms with Crippen LogP contribution in [0.1, 0.15) is 16.7 Å². The number of methoxy groups -OCH3 is 1. The lowest BCUT2D eigenvalue weighted by atomic mass is 10.1. The first-order chi connectivity index (χ1) is 8.70. The van der Waals surface area contributed by atoms with Gasteiger partial charge in [-0.3, -0.25) is 0 Å². The van der Waals surface area contributed by atoms with Gasteiger partial charge in [-0.1, -0.05) is 35.9 Å². The highest BCUT2D eigenvalue weighted by Crippen LogP contribution is 2.27. The molecule has 0 spiro atoms. The monoisotopic (exact) mass is 242 g/mol. The van der Waals surface area contributed by atoms with Crippen LogP contribution < -0.4 is 9.47 Å². The molecule has 94 valence electrons. The number of hydrogen-bond donors (Lipinski definition) is 0. The second-order valence-corrected chi connectivity index (χ2v) is 4.37. The van der Waals surface area contributed by atoms with Crippen LogP contribution in [0.25, 0.3) is 0 Å². The lowest BCUT2D eigenvalue weighted by Crippen LogP contribution is -1.99. The third-order valence-corrected chi connectivity index (χ3v) is 2.96. The minimum absolute atomic E-state index is 0.563. The van der Waals surface area contributed by atoms with Gasteiger partial charge in [0.05, 0.1) is 7.11 Å². The fourth-order valence-electron chi connectivity index (χ4n) is 1.85. The molecule has 0 atom stereocenters. The first-order valence-corrected chi connectivity index (χ1v) is 6.02. The highest BCUT2D eigenvalue weighted by Gasteiger charge is 2.04. The van der Waals surface area contributed by atoms with Crippen LogP contribution in [0.5, 0.6) is 11.5 Å². The molecule has 0 saturated carbocycles. The Hall–Kier alpha value is -1.96. The van der Waals surface area contributed by atoms with Crippen molar-refractivity contribution < 1.29 is 9.47 Å². The molecule has 0 aromatic heterocycles. The highest BCUT2D eigenvalue weighted by atomic mass is 16.5. The van der Waals surface area contributed by atoms with Crippen molar-refractivity contribution in [1.82, 2.24) is 0 Å². The van der Waals surface area contributed by atoms with E-state index in [-0.39, 0.29) is 0 Å². The summed E-state index contributed by atoms with van der Waals surface area (Å²) in [4.78, 5) is 0. The smallest absolute Gasteiger partial charge is 0.161 e. The Morgan fingerprint density at radius 2 is 1.67 bits per heavy atom. The van der Waals surface area contributed by atoms with Crippen molar-refractivity contribution in [3.8, 4) is 11.5 Å². The van der Waals surface area contributed by atoms with E-state index in [2.05, 4.69) is 32.0 Å². The van der Waals surface area contributed by atoms with Crippen LogP contribution in [-0.4, -0.2) is 7.11 Å². The minimum Gasteiger partial charge on any atom is -0.493 e. The molecule has 2 nitrogen and oxygen atoms in total. The normalized spacial score (nSPS) is 10.2. The van der Waals surface area contributed by atoms with E-state index in [0.717, 1.165) is 11.5 Å². The van der Waals surface area contributed by atoms with Gasteiger partial charge < -0.3 is 9.47 Å². The molecule has 2 rings (SSSR count). The number of hydrogen-bond acceptors (Lipinski definition) is 2. The number of ether oxygens (including phenoxy) is 2. The maximum absolute atomic E-state index is 5.82. The van der Waals surface area contributed by atoms with Crippen molar-refractivity contribution in [3.05, 3.63) is 59.2 Å². The van der Waals surface area contributed by atoms with Crippen LogP contribution in [0.3, 0.4) is 0 Å². The van der Waals surface area contributed by atoms with Gasteiger partial charge in [0.15, 0.2) is 11.5 Å². The Balaban J connectivity index is 2.14. The van der Waals surface area contributed by atoms with Gasteiger partial charge in [-0.15, -0.1) is 0 Å². The summed E-state index contributed by atoms with van der Waals surface area (Å²) in [5.74, 6) is 1.55. The van der Waals surface area contributed by atoms with E-state index in [0.29, 0.717) is 6.61 Å². The molecule has 0 aliphatic carbocycles. The summed E-state index contributed by atoms with van der Waals surface area (Å²) in [6.45, 7) is 4.75. The molecule has 0 N–H and O–H groups in total. The Morgan fingerprint density at radius 1 is 0.944 bits per heavy atom. The van der Waals surface area contributed by atoms with Gasteiger partial charge in [-0.05, 0) is 37.1 Å². The number of aryl methyl sites for hydroxylation is 2. The molecule has 18 heavy (non-hydrogen) atoms. The van der Waals surface area contributed by atoms with E-state index in [1.54, 1.807) is 7.11 Å². The minimum atomic E-state index is 0.563. The average molecular weight is 242 g/mol. The van der Waals surface area contributed by atoms with Crippen LogP contribution in [0.4, 0.5) is 0 Å². The van der Waals surface area contributed by atoms with Crippen LogP contribution in [0.2, 0.25) is 0 Å². The van der Waals surface area contributed by atoms with E-state index >= 15 is 0 Å². The van der Waals surface area contributed by atoms with Crippen molar-refractivity contribution in [2.45, 2.75) is 20.5 Å². The van der Waals surface area contributed by atoms with Gasteiger partial charge in [0, 0.05) is 0 Å². The van der Waals surface area contributed by atoms with Crippen molar-refractivity contribution in [2.75, 3.05) is 7.11 Å². The molecule has 2 aromatic carbocycles. The van der Waals surface area contributed by atoms with Crippen molar-refractivity contribution >= 4 is 0 Å². The summed E-state index contributed by atoms with van der Waals surface area (Å²) in [7, 11) is 1.65. The molecule has 0 aliphatic rings. The summed E-state index contributed by atoms with van der Waals surface area (Å²) in [5, 5.41) is 0. The third kappa shape index (κ3) is 2.83. The fraction of sp³-hybridized carbons (Fsp3) is 0.250. The van der Waals surface area contributed by atoms with Gasteiger partial charge in [0.1, 0.15) is 6.61 Å². The predicted octanol–water partition coefficient (Wildman–Crippen LogP) is 3.89. The zero-order valence-corrected chi connectivity index (χ0v) is 11.1. The van der Waals surface area contributed by atoms with Crippen LogP contribution in [0, 0.1) is 13.8 Å². The van der Waals surface area contributed by atoms with Crippen molar-refractivity contribution in [2.24, 2.45) is 0 Å². The van der Waals surface area contributed by atoms with Crippen LogP contribution >= 0.6 is 0 Å². The largest absolute Gasteiger partial charge is 0.493 e. The molecule has 2 heteroatoms. The first-order valence-electron chi connectivity index (χ1n) is 6.02. The second kappa shape index (κ2) is 5.58. The van der Waals surface area contributed by atoms with E-state index in [9.17, 15) is 0 Å². The van der Waals surface area contributed by atoms with E-state index in [1.165, 1.54) is 16.7 Å². The SMILES string of the molecule is COc1ccccc1OCc1cc(C)ccc1C. The lowest BCUT2D eigenvalue weighted by Gasteiger charge is -2.12. The standard InChI is InChI=1S/C16H18O2/c1-12-8-9-13(2)14(10-12)11-18-16-7-5-4-6-15(16)17-3/h4-10H,11H2,1-3H3. The Kier molecular flexibility index (Phi) is 3.88. The van der Waals surface area contributed by atoms with Gasteiger partial charge in [0.25, 0.3) is 0 Å². The van der Waals surface area contributed by atoms with Crippen LogP contribution in [0.15, 0.2) is 42.5 Å². The molecule has 0 bridgehead atoms. The summed E-state index contributed by atoms with van der Waals surface area (Å²) < 4.78 is 11.1. The molecular weight excluding hydrogens is 224 g/mol. The quantitative estimate of drug-likeness (QED) is 0.809. The summed E-state index contributed by atoms with van der Waals surface area (Å²) in [5.41, 5.74) is 3.70. The number of benzene rings is 2. The van der Waals surface area contributed by atoms with Crippen LogP contribution in [-0.2, 0) is 6.61 Å². The third-order valence-electron chi connectivity index (χ3n) is 2.96. The van der Waals surface area contributed by atoms with Crippen molar-refractivity contribution in [3.63, 3.8) is 0 Å². The van der Waals surface area contributed by atoms with Crippen molar-refractivity contribution in [1.29, 1.82) is 0 Å². The molecular formula is C16H18O2. The first kappa shape index (κ1) is 12.5. The zero-order chi connectivity index (χ0) is 13.0. The number of rotatable bonds is 4. The molecule has 0 unspecified atom stereocenters. The van der Waals surface area contributed by atoms with E-state index in [4.69, 9.17) is 9.47 Å². The summed E-state index contributed by atoms with van der Waals surface area (Å²) in [6.07, 6.45) is 0. The summed E-state index contributed by atoms with van der Waals surface area (Å²) in [6, 6.07) is 14.1. The maximum Gasteiger partial charge on any atom is 0.161 e. The molecule has 0 amide bonds. The van der Waals surface area contributed by atoms with Gasteiger partial charge in [-0.25, -0.2) is 0 Å². The fourth-order valence-corrected chi connectivity index (χ4v) is 1.85. The number of para-hydroxylation sites is 2. The van der Waals surface area contributed by atoms with Gasteiger partial charge >= 0.3 is 0 Å². The Bertz CT molecular complexity index is 532. The molecule has 0 aliphatic heterocycles. The predicted molar refractivity (Wildman–Crippen MR) is 73.2 cm³/mol. The second-order valence-electron chi connectivity index (χ2n) is 4.37. The highest BCUT2D eigenvalue weighted by molar-refractivity contribution is 5.40. The Morgan fingerprint density at radius 3 is 2.39 bits per heavy atom. The van der Waals surface area contributed by atoms with Gasteiger partial charge in [-0.2, -0.15) is 0 Å². The maximum atomic E-state index is 5.82. The lowest BCUT2D eigenvalue weighted by molar-refractivity contribution is 0.284. The van der Waals surface area contributed by atoms with E-state index < -0.39 is 0 Å². The summed E-state index contributed by atoms with van der Waals surface area (Å²) >= 11 is 0. The topological polar surface area (TPSA) is 18.5 Å². The zero-order valence-electron chi connectivity index (χ0n) is 11.1. The molecule has 0 heterocycles. The molecule has 0 radical (unpaired) electrons. The van der Waals surface area contributed by atoms with E-state index in [1.807, 2.05) is 24.3 Å². The van der Waals surface area contributed by atoms with Gasteiger partial charge in [0.2, 0.25) is 0 Å². The molecule has 2 aromatic rings.